The van der Waals surface area contributed by atoms with E-state index in [0.29, 0.717) is 0 Å². The van der Waals surface area contributed by atoms with Crippen molar-refractivity contribution in [3.63, 3.8) is 0 Å². The van der Waals surface area contributed by atoms with Gasteiger partial charge in [0.25, 0.3) is 0 Å². The molecule has 0 spiro atoms. The van der Waals surface area contributed by atoms with Gasteiger partial charge >= 0.3 is 0 Å². The Kier molecular flexibility index (Phi) is 5.56. The van der Waals surface area contributed by atoms with E-state index in [1.54, 1.807) is 0 Å². The standard InChI is InChI=1S/C6H14ClN/c1-3-4-5-6(7)8-2/h6,8H,3-5H2,1-2H3. The second kappa shape index (κ2) is 5.39. The molecule has 0 aromatic heterocycles. The van der Waals surface area contributed by atoms with Crippen molar-refractivity contribution in [1.82, 2.24) is 5.32 Å². The minimum Gasteiger partial charge on any atom is -0.304 e. The summed E-state index contributed by atoms with van der Waals surface area (Å²) in [6, 6.07) is 0. The minimum absolute atomic E-state index is 0.176. The summed E-state index contributed by atoms with van der Waals surface area (Å²) in [5.74, 6) is 0. The van der Waals surface area contributed by atoms with Crippen molar-refractivity contribution in [3.05, 3.63) is 0 Å². The van der Waals surface area contributed by atoms with Crippen LogP contribution in [0.2, 0.25) is 0 Å². The fourth-order valence-electron chi connectivity index (χ4n) is 0.528. The third-order valence-electron chi connectivity index (χ3n) is 1.12. The maximum atomic E-state index is 5.73. The van der Waals surface area contributed by atoms with Gasteiger partial charge in [-0.1, -0.05) is 19.8 Å². The smallest absolute Gasteiger partial charge is 0.0823 e. The Bertz CT molecular complexity index is 47.8. The van der Waals surface area contributed by atoms with E-state index in [1.807, 2.05) is 7.05 Å². The quantitative estimate of drug-likeness (QED) is 0.459. The van der Waals surface area contributed by atoms with Crippen LogP contribution in [0.4, 0.5) is 0 Å². The number of nitrogens with one attached hydrogen (secondary N) is 1. The largest absolute Gasteiger partial charge is 0.304 e. The lowest BCUT2D eigenvalue weighted by molar-refractivity contribution is 0.622. The van der Waals surface area contributed by atoms with Gasteiger partial charge in [0.05, 0.1) is 5.50 Å². The molecule has 0 rings (SSSR count). The van der Waals surface area contributed by atoms with Crippen molar-refractivity contribution in [2.45, 2.75) is 31.7 Å². The number of unbranched alkanes of at least 4 members (excludes halogenated alkanes) is 1. The Morgan fingerprint density at radius 1 is 1.62 bits per heavy atom. The first kappa shape index (κ1) is 8.25. The summed E-state index contributed by atoms with van der Waals surface area (Å²) >= 11 is 5.73. The predicted molar refractivity (Wildman–Crippen MR) is 38.2 cm³/mol. The topological polar surface area (TPSA) is 12.0 Å². The van der Waals surface area contributed by atoms with Gasteiger partial charge in [0.2, 0.25) is 0 Å². The molecule has 0 bridgehead atoms. The summed E-state index contributed by atoms with van der Waals surface area (Å²) < 4.78 is 0. The molecule has 0 amide bonds. The summed E-state index contributed by atoms with van der Waals surface area (Å²) in [4.78, 5) is 0. The lowest BCUT2D eigenvalue weighted by Gasteiger charge is -2.04. The van der Waals surface area contributed by atoms with Crippen molar-refractivity contribution >= 4 is 11.6 Å². The van der Waals surface area contributed by atoms with Crippen LogP contribution in [0.1, 0.15) is 26.2 Å². The summed E-state index contributed by atoms with van der Waals surface area (Å²) in [6.07, 6.45) is 3.52. The van der Waals surface area contributed by atoms with Gasteiger partial charge in [-0.2, -0.15) is 0 Å². The predicted octanol–water partition coefficient (Wildman–Crippen LogP) is 1.96. The highest BCUT2D eigenvalue weighted by atomic mass is 35.5. The van der Waals surface area contributed by atoms with Crippen LogP contribution in [-0.4, -0.2) is 12.5 Å². The van der Waals surface area contributed by atoms with Gasteiger partial charge in [0, 0.05) is 0 Å². The van der Waals surface area contributed by atoms with Crippen LogP contribution in [0.5, 0.6) is 0 Å². The highest BCUT2D eigenvalue weighted by molar-refractivity contribution is 6.20. The lowest BCUT2D eigenvalue weighted by atomic mass is 10.2. The molecule has 0 aromatic rings. The molecule has 0 saturated heterocycles. The molecule has 0 aliphatic carbocycles. The maximum absolute atomic E-state index is 5.73. The summed E-state index contributed by atoms with van der Waals surface area (Å²) in [6.45, 7) is 2.17. The Hall–Kier alpha value is 0.250. The molecule has 0 heterocycles. The molecule has 1 N–H and O–H groups in total. The Morgan fingerprint density at radius 3 is 2.62 bits per heavy atom. The molecule has 0 saturated carbocycles. The average molecular weight is 136 g/mol. The molecule has 1 nitrogen and oxygen atoms in total. The van der Waals surface area contributed by atoms with Gasteiger partial charge in [-0.05, 0) is 13.5 Å². The summed E-state index contributed by atoms with van der Waals surface area (Å²) in [5, 5.41) is 2.97. The van der Waals surface area contributed by atoms with E-state index in [1.165, 1.54) is 12.8 Å². The average Bonchev–Trinajstić information content (AvgIpc) is 1.83. The highest BCUT2D eigenvalue weighted by Crippen LogP contribution is 2.02. The summed E-state index contributed by atoms with van der Waals surface area (Å²) in [7, 11) is 1.88. The summed E-state index contributed by atoms with van der Waals surface area (Å²) in [5.41, 5.74) is 0.176. The van der Waals surface area contributed by atoms with Crippen LogP contribution in [0.3, 0.4) is 0 Å². The second-order valence-corrected chi connectivity index (χ2v) is 2.43. The molecule has 0 aliphatic heterocycles. The first-order chi connectivity index (χ1) is 3.81. The third kappa shape index (κ3) is 4.41. The van der Waals surface area contributed by atoms with E-state index in [9.17, 15) is 0 Å². The molecule has 1 atom stereocenters. The number of rotatable bonds is 4. The van der Waals surface area contributed by atoms with Crippen molar-refractivity contribution in [1.29, 1.82) is 0 Å². The van der Waals surface area contributed by atoms with Crippen LogP contribution in [0.25, 0.3) is 0 Å². The first-order valence-electron chi connectivity index (χ1n) is 3.12. The number of hydrogen-bond acceptors (Lipinski definition) is 1. The van der Waals surface area contributed by atoms with Gasteiger partial charge in [-0.15, -0.1) is 11.6 Å². The van der Waals surface area contributed by atoms with Gasteiger partial charge < -0.3 is 5.32 Å². The van der Waals surface area contributed by atoms with Crippen molar-refractivity contribution in [3.8, 4) is 0 Å². The Labute approximate surface area is 56.4 Å². The number of halogens is 1. The molecule has 0 aliphatic rings. The van der Waals surface area contributed by atoms with Crippen molar-refractivity contribution in [2.75, 3.05) is 7.05 Å². The number of alkyl halides is 1. The third-order valence-corrected chi connectivity index (χ3v) is 1.56. The van der Waals surface area contributed by atoms with Crippen molar-refractivity contribution < 1.29 is 0 Å². The molecule has 0 fully saturated rings. The fraction of sp³-hybridized carbons (Fsp3) is 1.00. The molecular weight excluding hydrogens is 122 g/mol. The molecule has 0 aromatic carbocycles. The Morgan fingerprint density at radius 2 is 2.25 bits per heavy atom. The van der Waals surface area contributed by atoms with Crippen LogP contribution in [-0.2, 0) is 0 Å². The maximum Gasteiger partial charge on any atom is 0.0823 e. The van der Waals surface area contributed by atoms with E-state index >= 15 is 0 Å². The van der Waals surface area contributed by atoms with E-state index in [2.05, 4.69) is 12.2 Å². The normalized spacial score (nSPS) is 13.9. The molecule has 0 radical (unpaired) electrons. The minimum atomic E-state index is 0.176. The van der Waals surface area contributed by atoms with Gasteiger partial charge in [0.1, 0.15) is 0 Å². The molecule has 2 heteroatoms. The first-order valence-corrected chi connectivity index (χ1v) is 3.56. The van der Waals surface area contributed by atoms with Crippen molar-refractivity contribution in [2.24, 2.45) is 0 Å². The van der Waals surface area contributed by atoms with Crippen LogP contribution >= 0.6 is 11.6 Å². The van der Waals surface area contributed by atoms with E-state index in [4.69, 9.17) is 11.6 Å². The second-order valence-electron chi connectivity index (χ2n) is 1.90. The van der Waals surface area contributed by atoms with Gasteiger partial charge in [-0.3, -0.25) is 0 Å². The lowest BCUT2D eigenvalue weighted by Crippen LogP contribution is -2.17. The van der Waals surface area contributed by atoms with Crippen LogP contribution < -0.4 is 5.32 Å². The monoisotopic (exact) mass is 135 g/mol. The number of hydrogen-bond donors (Lipinski definition) is 1. The Balaban J connectivity index is 2.86. The molecule has 1 unspecified atom stereocenters. The molecular formula is C6H14ClN. The van der Waals surface area contributed by atoms with Crippen LogP contribution in [0.15, 0.2) is 0 Å². The van der Waals surface area contributed by atoms with E-state index in [-0.39, 0.29) is 5.50 Å². The zero-order chi connectivity index (χ0) is 6.41. The van der Waals surface area contributed by atoms with Gasteiger partial charge in [0.15, 0.2) is 0 Å². The van der Waals surface area contributed by atoms with Gasteiger partial charge in [-0.25, -0.2) is 0 Å². The molecule has 8 heavy (non-hydrogen) atoms. The zero-order valence-electron chi connectivity index (χ0n) is 5.58. The SMILES string of the molecule is CCCCC(Cl)NC. The van der Waals surface area contributed by atoms with E-state index < -0.39 is 0 Å². The molecule has 50 valence electrons. The zero-order valence-corrected chi connectivity index (χ0v) is 6.33. The highest BCUT2D eigenvalue weighted by Gasteiger charge is 1.96. The van der Waals surface area contributed by atoms with Crippen LogP contribution in [0, 0.1) is 0 Å². The van der Waals surface area contributed by atoms with E-state index in [0.717, 1.165) is 6.42 Å². The fourth-order valence-corrected chi connectivity index (χ4v) is 0.682.